The molecule has 0 aliphatic rings. The van der Waals surface area contributed by atoms with E-state index in [1.54, 1.807) is 0 Å². The molecule has 0 heterocycles. The summed E-state index contributed by atoms with van der Waals surface area (Å²) < 4.78 is 35.6. The molecule has 0 spiro atoms. The number of benzene rings is 1. The van der Waals surface area contributed by atoms with Crippen molar-refractivity contribution in [2.45, 2.75) is 25.7 Å². The molecule has 1 aromatic carbocycles. The Hall–Kier alpha value is -1.47. The first-order valence-corrected chi connectivity index (χ1v) is 7.15. The molecule has 0 bridgehead atoms. The second-order valence-corrected chi connectivity index (χ2v) is 7.03. The van der Waals surface area contributed by atoms with Gasteiger partial charge in [0.05, 0.1) is 4.90 Å². The van der Waals surface area contributed by atoms with Crippen LogP contribution in [0.4, 0.5) is 4.39 Å². The lowest BCUT2D eigenvalue weighted by Crippen LogP contribution is -2.32. The summed E-state index contributed by atoms with van der Waals surface area (Å²) >= 11 is 0. The second kappa shape index (κ2) is 5.26. The van der Waals surface area contributed by atoms with Gasteiger partial charge in [-0.25, -0.2) is 17.9 Å². The predicted octanol–water partition coefficient (Wildman–Crippen LogP) is 1.25. The van der Waals surface area contributed by atoms with E-state index in [1.807, 2.05) is 20.8 Å². The van der Waals surface area contributed by atoms with Gasteiger partial charge in [0.1, 0.15) is 5.82 Å². The molecule has 1 rings (SSSR count). The van der Waals surface area contributed by atoms with Crippen LogP contribution in [0.25, 0.3) is 0 Å². The number of carbonyl (C=O) groups excluding carboxylic acids is 1. The Morgan fingerprint density at radius 2 is 1.89 bits per heavy atom. The first kappa shape index (κ1) is 15.6. The summed E-state index contributed by atoms with van der Waals surface area (Å²) in [5.41, 5.74) is -0.209. The van der Waals surface area contributed by atoms with Gasteiger partial charge in [0.15, 0.2) is 0 Å². The molecule has 0 atom stereocenters. The molecule has 0 aliphatic carbocycles. The van der Waals surface area contributed by atoms with Gasteiger partial charge in [-0.3, -0.25) is 4.79 Å². The average Bonchev–Trinajstić information content (AvgIpc) is 2.22. The van der Waals surface area contributed by atoms with Crippen molar-refractivity contribution in [1.29, 1.82) is 0 Å². The quantitative estimate of drug-likeness (QED) is 0.877. The Kier molecular flexibility index (Phi) is 4.32. The van der Waals surface area contributed by atoms with Gasteiger partial charge in [0.25, 0.3) is 5.91 Å². The largest absolute Gasteiger partial charge is 0.352 e. The van der Waals surface area contributed by atoms with Crippen molar-refractivity contribution in [1.82, 2.24) is 5.32 Å². The van der Waals surface area contributed by atoms with E-state index in [2.05, 4.69) is 5.32 Å². The van der Waals surface area contributed by atoms with Crippen molar-refractivity contribution in [3.8, 4) is 0 Å². The second-order valence-electron chi connectivity index (χ2n) is 5.46. The van der Waals surface area contributed by atoms with E-state index in [9.17, 15) is 17.6 Å². The maximum atomic E-state index is 13.3. The van der Waals surface area contributed by atoms with Crippen LogP contribution in [-0.2, 0) is 10.0 Å². The molecule has 3 N–H and O–H groups in total. The minimum atomic E-state index is -4.04. The summed E-state index contributed by atoms with van der Waals surface area (Å²) in [6.07, 6.45) is 0. The molecule has 19 heavy (non-hydrogen) atoms. The summed E-state index contributed by atoms with van der Waals surface area (Å²) in [5, 5.41) is 7.52. The van der Waals surface area contributed by atoms with Gasteiger partial charge in [0.2, 0.25) is 10.0 Å². The van der Waals surface area contributed by atoms with Crippen LogP contribution < -0.4 is 10.5 Å². The van der Waals surface area contributed by atoms with Crippen molar-refractivity contribution < 1.29 is 17.6 Å². The normalized spacial score (nSPS) is 12.3. The van der Waals surface area contributed by atoms with Crippen LogP contribution >= 0.6 is 0 Å². The molecule has 7 heteroatoms. The van der Waals surface area contributed by atoms with Gasteiger partial charge in [-0.2, -0.15) is 0 Å². The summed E-state index contributed by atoms with van der Waals surface area (Å²) in [6, 6.07) is 2.79. The highest BCUT2D eigenvalue weighted by molar-refractivity contribution is 7.89. The zero-order chi connectivity index (χ0) is 14.8. The third-order valence-electron chi connectivity index (χ3n) is 2.24. The minimum Gasteiger partial charge on any atom is -0.352 e. The lowest BCUT2D eigenvalue weighted by Gasteiger charge is -2.18. The van der Waals surface area contributed by atoms with Crippen LogP contribution in [0.2, 0.25) is 0 Å². The molecule has 1 amide bonds. The molecule has 0 aromatic heterocycles. The zero-order valence-electron chi connectivity index (χ0n) is 11.0. The van der Waals surface area contributed by atoms with Crippen LogP contribution in [-0.4, -0.2) is 20.9 Å². The highest BCUT2D eigenvalue weighted by atomic mass is 32.2. The minimum absolute atomic E-state index is 0.0757. The van der Waals surface area contributed by atoms with E-state index in [4.69, 9.17) is 5.14 Å². The Bertz CT molecular complexity index is 591. The van der Waals surface area contributed by atoms with Gasteiger partial charge < -0.3 is 5.32 Å². The van der Waals surface area contributed by atoms with E-state index in [0.717, 1.165) is 18.2 Å². The van der Waals surface area contributed by atoms with Crippen molar-refractivity contribution in [2.75, 3.05) is 6.54 Å². The number of amides is 1. The van der Waals surface area contributed by atoms with Crippen LogP contribution in [0.5, 0.6) is 0 Å². The molecule has 106 valence electrons. The number of hydrogen-bond donors (Lipinski definition) is 2. The number of hydrogen-bond acceptors (Lipinski definition) is 3. The summed E-state index contributed by atoms with van der Waals surface area (Å²) in [5.74, 6) is -1.37. The third kappa shape index (κ3) is 4.96. The zero-order valence-corrected chi connectivity index (χ0v) is 11.8. The number of sulfonamides is 1. The SMILES string of the molecule is CC(C)(C)CNC(=O)c1cc(F)cc(S(N)(=O)=O)c1. The molecule has 0 radical (unpaired) electrons. The lowest BCUT2D eigenvalue weighted by molar-refractivity contribution is 0.0938. The van der Waals surface area contributed by atoms with Gasteiger partial charge in [-0.15, -0.1) is 0 Å². The van der Waals surface area contributed by atoms with Crippen LogP contribution in [0, 0.1) is 11.2 Å². The van der Waals surface area contributed by atoms with E-state index in [0.29, 0.717) is 6.54 Å². The van der Waals surface area contributed by atoms with Gasteiger partial charge in [-0.05, 0) is 23.6 Å². The van der Waals surface area contributed by atoms with E-state index in [1.165, 1.54) is 0 Å². The molecule has 1 aromatic rings. The highest BCUT2D eigenvalue weighted by Gasteiger charge is 2.17. The molecule has 0 aliphatic heterocycles. The maximum Gasteiger partial charge on any atom is 0.251 e. The van der Waals surface area contributed by atoms with Crippen molar-refractivity contribution in [3.05, 3.63) is 29.6 Å². The summed E-state index contributed by atoms with van der Waals surface area (Å²) in [7, 11) is -4.04. The molecule has 0 saturated heterocycles. The standard InChI is InChI=1S/C12H17FN2O3S/c1-12(2,3)7-15-11(16)8-4-9(13)6-10(5-8)19(14,17)18/h4-6H,7H2,1-3H3,(H,15,16)(H2,14,17,18). The number of primary sulfonamides is 1. The van der Waals surface area contributed by atoms with Crippen LogP contribution in [0.1, 0.15) is 31.1 Å². The van der Waals surface area contributed by atoms with Crippen molar-refractivity contribution in [3.63, 3.8) is 0 Å². The fraction of sp³-hybridized carbons (Fsp3) is 0.417. The smallest absolute Gasteiger partial charge is 0.251 e. The average molecular weight is 288 g/mol. The maximum absolute atomic E-state index is 13.3. The topological polar surface area (TPSA) is 89.3 Å². The monoisotopic (exact) mass is 288 g/mol. The molecule has 0 unspecified atom stereocenters. The summed E-state index contributed by atoms with van der Waals surface area (Å²) in [4.78, 5) is 11.4. The number of carbonyl (C=O) groups is 1. The molecule has 0 saturated carbocycles. The van der Waals surface area contributed by atoms with Crippen molar-refractivity contribution in [2.24, 2.45) is 10.6 Å². The first-order valence-electron chi connectivity index (χ1n) is 5.61. The predicted molar refractivity (Wildman–Crippen MR) is 69.6 cm³/mol. The van der Waals surface area contributed by atoms with Gasteiger partial charge in [0, 0.05) is 12.1 Å². The van der Waals surface area contributed by atoms with Crippen LogP contribution in [0.3, 0.4) is 0 Å². The fourth-order valence-corrected chi connectivity index (χ4v) is 1.87. The van der Waals surface area contributed by atoms with Gasteiger partial charge in [-0.1, -0.05) is 20.8 Å². The Morgan fingerprint density at radius 3 is 2.37 bits per heavy atom. The number of rotatable bonds is 3. The number of nitrogens with one attached hydrogen (secondary N) is 1. The number of nitrogens with two attached hydrogens (primary N) is 1. The lowest BCUT2D eigenvalue weighted by atomic mass is 9.97. The number of halogens is 1. The molecule has 0 fully saturated rings. The Labute approximate surface area is 112 Å². The van der Waals surface area contributed by atoms with Crippen molar-refractivity contribution >= 4 is 15.9 Å². The Morgan fingerprint density at radius 1 is 1.32 bits per heavy atom. The third-order valence-corrected chi connectivity index (χ3v) is 3.13. The highest BCUT2D eigenvalue weighted by Crippen LogP contribution is 2.14. The fourth-order valence-electron chi connectivity index (χ4n) is 1.31. The van der Waals surface area contributed by atoms with E-state index < -0.39 is 26.6 Å². The summed E-state index contributed by atoms with van der Waals surface area (Å²) in [6.45, 7) is 6.16. The van der Waals surface area contributed by atoms with E-state index >= 15 is 0 Å². The van der Waals surface area contributed by atoms with Crippen LogP contribution in [0.15, 0.2) is 23.1 Å². The van der Waals surface area contributed by atoms with Gasteiger partial charge >= 0.3 is 0 Å². The molecule has 5 nitrogen and oxygen atoms in total. The molecular weight excluding hydrogens is 271 g/mol. The first-order chi connectivity index (χ1) is 8.49. The Balaban J connectivity index is 3.02. The van der Waals surface area contributed by atoms with E-state index in [-0.39, 0.29) is 11.0 Å². The molecular formula is C12H17FN2O3S.